The molecule has 2 N–H and O–H groups in total. The Labute approximate surface area is 192 Å². The van der Waals surface area contributed by atoms with Crippen LogP contribution in [0.2, 0.25) is 0 Å². The van der Waals surface area contributed by atoms with Crippen molar-refractivity contribution >= 4 is 22.7 Å². The first kappa shape index (κ1) is 24.4. The van der Waals surface area contributed by atoms with E-state index in [4.69, 9.17) is 0 Å². The van der Waals surface area contributed by atoms with Gasteiger partial charge >= 0.3 is 0 Å². The third-order valence-corrected chi connectivity index (χ3v) is 7.33. The fourth-order valence-electron chi connectivity index (χ4n) is 4.23. The SMILES string of the molecule is CCC(CCNC)[C@@]1(c2ccccc2C)SC(c2cc(F)ccc2F)=NN1C(=O)CNC. The molecule has 1 aliphatic heterocycles. The van der Waals surface area contributed by atoms with Crippen molar-refractivity contribution in [1.29, 1.82) is 0 Å². The van der Waals surface area contributed by atoms with E-state index < -0.39 is 16.5 Å². The summed E-state index contributed by atoms with van der Waals surface area (Å²) in [5.41, 5.74) is 2.03. The maximum atomic E-state index is 14.7. The van der Waals surface area contributed by atoms with Crippen LogP contribution >= 0.6 is 11.8 Å². The normalized spacial score (nSPS) is 19.2. The van der Waals surface area contributed by atoms with E-state index in [0.717, 1.165) is 48.7 Å². The fourth-order valence-corrected chi connectivity index (χ4v) is 5.93. The fraction of sp³-hybridized carbons (Fsp3) is 0.417. The highest BCUT2D eigenvalue weighted by Crippen LogP contribution is 2.55. The third kappa shape index (κ3) is 4.58. The zero-order valence-electron chi connectivity index (χ0n) is 18.9. The smallest absolute Gasteiger partial charge is 0.258 e. The molecule has 1 unspecified atom stereocenters. The second-order valence-corrected chi connectivity index (χ2v) is 9.09. The van der Waals surface area contributed by atoms with E-state index in [1.165, 1.54) is 16.8 Å². The summed E-state index contributed by atoms with van der Waals surface area (Å²) in [5, 5.41) is 12.5. The summed E-state index contributed by atoms with van der Waals surface area (Å²) in [6, 6.07) is 11.2. The highest BCUT2D eigenvalue weighted by atomic mass is 32.2. The molecule has 0 bridgehead atoms. The molecule has 1 heterocycles. The van der Waals surface area contributed by atoms with E-state index in [2.05, 4.69) is 22.7 Å². The Morgan fingerprint density at radius 1 is 1.19 bits per heavy atom. The molecule has 2 aromatic carbocycles. The Morgan fingerprint density at radius 3 is 2.59 bits per heavy atom. The zero-order valence-corrected chi connectivity index (χ0v) is 19.7. The van der Waals surface area contributed by atoms with Gasteiger partial charge in [0.1, 0.15) is 21.5 Å². The van der Waals surface area contributed by atoms with Crippen LogP contribution in [0.5, 0.6) is 0 Å². The van der Waals surface area contributed by atoms with Crippen LogP contribution in [0.25, 0.3) is 0 Å². The minimum absolute atomic E-state index is 0.0136. The predicted octanol–water partition coefficient (Wildman–Crippen LogP) is 4.22. The molecule has 32 heavy (non-hydrogen) atoms. The zero-order chi connectivity index (χ0) is 23.3. The van der Waals surface area contributed by atoms with E-state index in [-0.39, 0.29) is 23.9 Å². The molecule has 0 aliphatic carbocycles. The summed E-state index contributed by atoms with van der Waals surface area (Å²) >= 11 is 1.34. The average Bonchev–Trinajstić information content (AvgIpc) is 3.17. The van der Waals surface area contributed by atoms with Gasteiger partial charge in [-0.25, -0.2) is 13.8 Å². The Hall–Kier alpha value is -2.29. The van der Waals surface area contributed by atoms with E-state index in [1.54, 1.807) is 7.05 Å². The number of nitrogens with zero attached hydrogens (tertiary/aromatic N) is 2. The minimum atomic E-state index is -0.876. The standard InChI is InChI=1S/C24H30F2N4OS/c1-5-17(12-13-27-3)24(20-9-7-6-8-16(20)2)30(22(31)15-28-4)29-23(32-24)19-14-18(25)10-11-21(19)26/h6-11,14,17,27-28H,5,12-13,15H2,1-4H3/t17?,24-/m0/s1. The molecule has 0 saturated carbocycles. The van der Waals surface area contributed by atoms with Crippen LogP contribution in [0, 0.1) is 24.5 Å². The second-order valence-electron chi connectivity index (χ2n) is 7.88. The molecule has 3 rings (SSSR count). The summed E-state index contributed by atoms with van der Waals surface area (Å²) in [4.78, 5) is 12.5. The Morgan fingerprint density at radius 2 is 1.94 bits per heavy atom. The van der Waals surface area contributed by atoms with Crippen LogP contribution in [-0.4, -0.2) is 43.1 Å². The Balaban J connectivity index is 2.24. The predicted molar refractivity (Wildman–Crippen MR) is 126 cm³/mol. The summed E-state index contributed by atoms with van der Waals surface area (Å²) in [5.74, 6) is -1.33. The first-order valence-electron chi connectivity index (χ1n) is 10.8. The monoisotopic (exact) mass is 460 g/mol. The summed E-state index contributed by atoms with van der Waals surface area (Å²) in [6.45, 7) is 4.93. The van der Waals surface area contributed by atoms with Crippen LogP contribution in [0.1, 0.15) is 36.5 Å². The number of benzene rings is 2. The number of aryl methyl sites for hydroxylation is 1. The molecule has 172 valence electrons. The average molecular weight is 461 g/mol. The number of rotatable bonds is 9. The number of amides is 1. The number of thioether (sulfide) groups is 1. The summed E-state index contributed by atoms with van der Waals surface area (Å²) in [7, 11) is 3.59. The van der Waals surface area contributed by atoms with E-state index in [0.29, 0.717) is 5.04 Å². The number of nitrogens with one attached hydrogen (secondary N) is 2. The van der Waals surface area contributed by atoms with Gasteiger partial charge in [-0.1, -0.05) is 43.0 Å². The second kappa shape index (κ2) is 10.6. The van der Waals surface area contributed by atoms with Crippen LogP contribution in [0.4, 0.5) is 8.78 Å². The lowest BCUT2D eigenvalue weighted by atomic mass is 9.84. The highest BCUT2D eigenvalue weighted by molar-refractivity contribution is 8.15. The molecule has 1 aliphatic rings. The van der Waals surface area contributed by atoms with Crippen molar-refractivity contribution in [3.63, 3.8) is 0 Å². The molecule has 0 spiro atoms. The Kier molecular flexibility index (Phi) is 8.03. The molecule has 0 radical (unpaired) electrons. The van der Waals surface area contributed by atoms with Crippen LogP contribution in [-0.2, 0) is 9.67 Å². The van der Waals surface area contributed by atoms with Gasteiger partial charge in [-0.3, -0.25) is 4.79 Å². The quantitative estimate of drug-likeness (QED) is 0.588. The van der Waals surface area contributed by atoms with Crippen molar-refractivity contribution in [1.82, 2.24) is 15.6 Å². The number of hydrogen-bond donors (Lipinski definition) is 2. The van der Waals surface area contributed by atoms with Gasteiger partial charge in [0, 0.05) is 5.56 Å². The van der Waals surface area contributed by atoms with Gasteiger partial charge in [0.05, 0.1) is 6.54 Å². The molecular weight excluding hydrogens is 430 g/mol. The van der Waals surface area contributed by atoms with Gasteiger partial charge in [-0.15, -0.1) is 0 Å². The number of likely N-dealkylation sites (N-methyl/N-ethyl adjacent to an activating group) is 1. The van der Waals surface area contributed by atoms with Crippen molar-refractivity contribution in [3.8, 4) is 0 Å². The molecule has 5 nitrogen and oxygen atoms in total. The molecule has 0 fully saturated rings. The van der Waals surface area contributed by atoms with Gasteiger partial charge in [0.2, 0.25) is 0 Å². The van der Waals surface area contributed by atoms with Gasteiger partial charge in [-0.05, 0) is 75.6 Å². The highest BCUT2D eigenvalue weighted by Gasteiger charge is 2.53. The van der Waals surface area contributed by atoms with Crippen LogP contribution < -0.4 is 10.6 Å². The first-order valence-corrected chi connectivity index (χ1v) is 11.6. The summed E-state index contributed by atoms with van der Waals surface area (Å²) in [6.07, 6.45) is 1.56. The van der Waals surface area contributed by atoms with E-state index >= 15 is 0 Å². The first-order chi connectivity index (χ1) is 15.4. The molecule has 0 aromatic heterocycles. The molecule has 1 amide bonds. The molecule has 2 aromatic rings. The molecule has 8 heteroatoms. The minimum Gasteiger partial charge on any atom is -0.320 e. The van der Waals surface area contributed by atoms with Crippen LogP contribution in [0.3, 0.4) is 0 Å². The third-order valence-electron chi connectivity index (χ3n) is 5.80. The number of hydrogen-bond acceptors (Lipinski definition) is 5. The van der Waals surface area contributed by atoms with Crippen molar-refractivity contribution in [2.75, 3.05) is 27.2 Å². The van der Waals surface area contributed by atoms with Crippen molar-refractivity contribution in [2.24, 2.45) is 11.0 Å². The van der Waals surface area contributed by atoms with Gasteiger partial charge in [0.15, 0.2) is 0 Å². The number of halogens is 2. The lowest BCUT2D eigenvalue weighted by Gasteiger charge is -2.42. The van der Waals surface area contributed by atoms with Crippen molar-refractivity contribution in [3.05, 3.63) is 70.8 Å². The maximum absolute atomic E-state index is 14.7. The number of carbonyl (C=O) groups excluding carboxylic acids is 1. The van der Waals surface area contributed by atoms with Gasteiger partial charge in [0.25, 0.3) is 5.91 Å². The van der Waals surface area contributed by atoms with E-state index in [9.17, 15) is 13.6 Å². The van der Waals surface area contributed by atoms with Crippen molar-refractivity contribution < 1.29 is 13.6 Å². The largest absolute Gasteiger partial charge is 0.320 e. The number of carbonyl (C=O) groups is 1. The number of hydrazone groups is 1. The van der Waals surface area contributed by atoms with E-state index in [1.807, 2.05) is 38.2 Å². The lowest BCUT2D eigenvalue weighted by Crippen LogP contribution is -2.50. The Bertz CT molecular complexity index is 1000. The molecule has 0 saturated heterocycles. The molecule has 2 atom stereocenters. The summed E-state index contributed by atoms with van der Waals surface area (Å²) < 4.78 is 28.7. The van der Waals surface area contributed by atoms with Gasteiger partial charge in [-0.2, -0.15) is 5.10 Å². The molecular formula is C24H30F2N4OS. The van der Waals surface area contributed by atoms with Crippen molar-refractivity contribution in [2.45, 2.75) is 31.6 Å². The van der Waals surface area contributed by atoms with Crippen LogP contribution in [0.15, 0.2) is 47.6 Å². The maximum Gasteiger partial charge on any atom is 0.258 e. The van der Waals surface area contributed by atoms with Gasteiger partial charge < -0.3 is 10.6 Å². The topological polar surface area (TPSA) is 56.7 Å². The lowest BCUT2D eigenvalue weighted by molar-refractivity contribution is -0.135.